The zero-order chi connectivity index (χ0) is 16.2. The van der Waals surface area contributed by atoms with E-state index in [-0.39, 0.29) is 0 Å². The van der Waals surface area contributed by atoms with E-state index in [1.807, 2.05) is 6.07 Å². The minimum Gasteiger partial charge on any atom is -0.0622 e. The Morgan fingerprint density at radius 1 is 0.500 bits per heavy atom. The molecule has 0 bridgehead atoms. The van der Waals surface area contributed by atoms with Crippen LogP contribution in [-0.4, -0.2) is 0 Å². The Balaban J connectivity index is 1.79. The number of fused-ring (bicyclic) bond motifs is 2. The van der Waals surface area contributed by atoms with Crippen LogP contribution < -0.4 is 0 Å². The maximum atomic E-state index is 2.27. The minimum absolute atomic E-state index is 1.21. The molecule has 0 saturated heterocycles. The van der Waals surface area contributed by atoms with Crippen LogP contribution >= 0.6 is 0 Å². The first kappa shape index (κ1) is 14.5. The molecule has 0 aliphatic carbocycles. The Kier molecular flexibility index (Phi) is 3.95. The summed E-state index contributed by atoms with van der Waals surface area (Å²) < 4.78 is 0. The van der Waals surface area contributed by atoms with E-state index in [0.29, 0.717) is 0 Å². The van der Waals surface area contributed by atoms with Crippen LogP contribution in [0.1, 0.15) is 11.1 Å². The van der Waals surface area contributed by atoms with Crippen molar-refractivity contribution in [3.8, 4) is 0 Å². The van der Waals surface area contributed by atoms with Crippen LogP contribution in [0.5, 0.6) is 0 Å². The summed E-state index contributed by atoms with van der Waals surface area (Å²) in [5.41, 5.74) is 2.49. The molecule has 114 valence electrons. The van der Waals surface area contributed by atoms with E-state index >= 15 is 0 Å². The lowest BCUT2D eigenvalue weighted by Gasteiger charge is -2.08. The third-order valence-corrected chi connectivity index (χ3v) is 4.28. The van der Waals surface area contributed by atoms with Crippen molar-refractivity contribution in [2.24, 2.45) is 0 Å². The molecule has 0 fully saturated rings. The highest BCUT2D eigenvalue weighted by Gasteiger charge is 2.03. The van der Waals surface area contributed by atoms with Gasteiger partial charge in [-0.2, -0.15) is 0 Å². The molecule has 0 saturated carbocycles. The molecule has 4 aromatic carbocycles. The second kappa shape index (κ2) is 6.55. The average Bonchev–Trinajstić information content (AvgIpc) is 2.65. The molecule has 0 radical (unpaired) electrons. The van der Waals surface area contributed by atoms with Gasteiger partial charge in [0.1, 0.15) is 0 Å². The van der Waals surface area contributed by atoms with Crippen LogP contribution in [-0.2, 0) is 0 Å². The van der Waals surface area contributed by atoms with Gasteiger partial charge in [0.05, 0.1) is 0 Å². The molecule has 0 amide bonds. The smallest absolute Gasteiger partial charge is 0.00994 e. The summed E-state index contributed by atoms with van der Waals surface area (Å²) in [6.45, 7) is 0. The van der Waals surface area contributed by atoms with Crippen molar-refractivity contribution < 1.29 is 0 Å². The molecule has 0 aliphatic rings. The second-order valence-corrected chi connectivity index (χ2v) is 5.86. The van der Waals surface area contributed by atoms with Gasteiger partial charge in [-0.1, -0.05) is 103 Å². The van der Waals surface area contributed by atoms with Crippen LogP contribution in [0.25, 0.3) is 33.7 Å². The fraction of sp³-hybridized carbons (Fsp3) is 0. The predicted octanol–water partition coefficient (Wildman–Crippen LogP) is 6.72. The van der Waals surface area contributed by atoms with Crippen molar-refractivity contribution in [1.29, 1.82) is 0 Å². The highest BCUT2D eigenvalue weighted by atomic mass is 14.1. The summed E-state index contributed by atoms with van der Waals surface area (Å²) in [5, 5.41) is 5.15. The standard InChI is InChI=1S/C24H18/c1-2-10-19(11-3-1)12-4-7-17-24-22-15-8-5-13-20(22)18-21-14-6-9-16-23(21)24/h1-18H/b12-4-,17-7-. The highest BCUT2D eigenvalue weighted by Crippen LogP contribution is 2.29. The van der Waals surface area contributed by atoms with Crippen LogP contribution in [0.3, 0.4) is 0 Å². The second-order valence-electron chi connectivity index (χ2n) is 5.86. The molecular weight excluding hydrogens is 288 g/mol. The van der Waals surface area contributed by atoms with E-state index in [0.717, 1.165) is 0 Å². The fourth-order valence-electron chi connectivity index (χ4n) is 3.11. The van der Waals surface area contributed by atoms with Gasteiger partial charge in [-0.3, -0.25) is 0 Å². The summed E-state index contributed by atoms with van der Waals surface area (Å²) in [6, 6.07) is 29.8. The number of hydrogen-bond acceptors (Lipinski definition) is 0. The van der Waals surface area contributed by atoms with Crippen molar-refractivity contribution >= 4 is 33.7 Å². The van der Waals surface area contributed by atoms with Gasteiger partial charge in [-0.05, 0) is 38.7 Å². The number of benzene rings is 4. The van der Waals surface area contributed by atoms with Crippen molar-refractivity contribution in [2.45, 2.75) is 0 Å². The Morgan fingerprint density at radius 3 is 1.71 bits per heavy atom. The average molecular weight is 306 g/mol. The molecule has 0 N–H and O–H groups in total. The van der Waals surface area contributed by atoms with Crippen LogP contribution in [0, 0.1) is 0 Å². The molecule has 0 heterocycles. The summed E-state index contributed by atoms with van der Waals surface area (Å²) in [5.74, 6) is 0. The van der Waals surface area contributed by atoms with E-state index in [2.05, 4.69) is 103 Å². The normalized spacial score (nSPS) is 11.8. The molecule has 0 aliphatic heterocycles. The lowest BCUT2D eigenvalue weighted by molar-refractivity contribution is 1.66. The van der Waals surface area contributed by atoms with Crippen molar-refractivity contribution in [3.63, 3.8) is 0 Å². The highest BCUT2D eigenvalue weighted by molar-refractivity contribution is 6.06. The van der Waals surface area contributed by atoms with Crippen molar-refractivity contribution in [2.75, 3.05) is 0 Å². The summed E-state index contributed by atoms with van der Waals surface area (Å²) in [4.78, 5) is 0. The summed E-state index contributed by atoms with van der Waals surface area (Å²) >= 11 is 0. The molecule has 4 rings (SSSR count). The van der Waals surface area contributed by atoms with Gasteiger partial charge in [-0.15, -0.1) is 0 Å². The maximum Gasteiger partial charge on any atom is -0.00994 e. The molecule has 0 spiro atoms. The number of hydrogen-bond donors (Lipinski definition) is 0. The quantitative estimate of drug-likeness (QED) is 0.291. The van der Waals surface area contributed by atoms with Gasteiger partial charge < -0.3 is 0 Å². The predicted molar refractivity (Wildman–Crippen MR) is 106 cm³/mol. The van der Waals surface area contributed by atoms with Crippen LogP contribution in [0.4, 0.5) is 0 Å². The van der Waals surface area contributed by atoms with Crippen molar-refractivity contribution in [3.05, 3.63) is 108 Å². The van der Waals surface area contributed by atoms with E-state index in [4.69, 9.17) is 0 Å². The van der Waals surface area contributed by atoms with E-state index in [9.17, 15) is 0 Å². The fourth-order valence-corrected chi connectivity index (χ4v) is 3.11. The van der Waals surface area contributed by atoms with E-state index in [1.165, 1.54) is 32.7 Å². The third kappa shape index (κ3) is 2.87. The lowest BCUT2D eigenvalue weighted by atomic mass is 9.96. The molecule has 0 nitrogen and oxygen atoms in total. The van der Waals surface area contributed by atoms with Gasteiger partial charge >= 0.3 is 0 Å². The zero-order valence-corrected chi connectivity index (χ0v) is 13.4. The minimum atomic E-state index is 1.21. The SMILES string of the molecule is C(/C=C\c1c2ccccc2cc2ccccc12)=C/c1ccccc1. The molecular formula is C24H18. The molecule has 0 heteroatoms. The Labute approximate surface area is 142 Å². The molecule has 0 atom stereocenters. The van der Waals surface area contributed by atoms with E-state index in [1.54, 1.807) is 0 Å². The van der Waals surface area contributed by atoms with Gasteiger partial charge in [0.15, 0.2) is 0 Å². The van der Waals surface area contributed by atoms with Gasteiger partial charge in [0.2, 0.25) is 0 Å². The number of rotatable bonds is 3. The Morgan fingerprint density at radius 2 is 1.04 bits per heavy atom. The molecule has 24 heavy (non-hydrogen) atoms. The van der Waals surface area contributed by atoms with Gasteiger partial charge in [0.25, 0.3) is 0 Å². The van der Waals surface area contributed by atoms with Crippen LogP contribution in [0.2, 0.25) is 0 Å². The maximum absolute atomic E-state index is 2.27. The van der Waals surface area contributed by atoms with Gasteiger partial charge in [-0.25, -0.2) is 0 Å². The summed E-state index contributed by atoms with van der Waals surface area (Å²) in [7, 11) is 0. The summed E-state index contributed by atoms with van der Waals surface area (Å²) in [6.07, 6.45) is 8.57. The third-order valence-electron chi connectivity index (χ3n) is 4.28. The van der Waals surface area contributed by atoms with Crippen LogP contribution in [0.15, 0.2) is 97.1 Å². The largest absolute Gasteiger partial charge is 0.0622 e. The Bertz CT molecular complexity index is 983. The molecule has 4 aromatic rings. The molecule has 0 unspecified atom stereocenters. The number of allylic oxidation sites excluding steroid dienone is 2. The Hall–Kier alpha value is -3.12. The first-order valence-corrected chi connectivity index (χ1v) is 8.22. The molecule has 0 aromatic heterocycles. The topological polar surface area (TPSA) is 0 Å². The first-order chi connectivity index (χ1) is 11.9. The van der Waals surface area contributed by atoms with Crippen molar-refractivity contribution in [1.82, 2.24) is 0 Å². The lowest BCUT2D eigenvalue weighted by Crippen LogP contribution is -1.82. The van der Waals surface area contributed by atoms with Gasteiger partial charge in [0, 0.05) is 0 Å². The first-order valence-electron chi connectivity index (χ1n) is 8.22. The van der Waals surface area contributed by atoms with E-state index < -0.39 is 0 Å². The zero-order valence-electron chi connectivity index (χ0n) is 13.4. The monoisotopic (exact) mass is 306 g/mol.